The summed E-state index contributed by atoms with van der Waals surface area (Å²) in [7, 11) is 0. The van der Waals surface area contributed by atoms with Crippen LogP contribution in [0.3, 0.4) is 0 Å². The van der Waals surface area contributed by atoms with Gasteiger partial charge in [0.15, 0.2) is 0 Å². The number of allylic oxidation sites excluding steroid dienone is 3. The van der Waals surface area contributed by atoms with E-state index in [0.717, 1.165) is 11.3 Å². The van der Waals surface area contributed by atoms with E-state index in [0.29, 0.717) is 12.4 Å². The van der Waals surface area contributed by atoms with Crippen molar-refractivity contribution in [2.24, 2.45) is 0 Å². The number of nitrogen functional groups attached to an aromatic ring is 1. The Labute approximate surface area is 102 Å². The molecule has 1 aromatic rings. The van der Waals surface area contributed by atoms with E-state index in [-0.39, 0.29) is 0 Å². The summed E-state index contributed by atoms with van der Waals surface area (Å²) in [5.74, 6) is 0.412. The summed E-state index contributed by atoms with van der Waals surface area (Å²) in [5.41, 5.74) is 8.60. The van der Waals surface area contributed by atoms with Gasteiger partial charge < -0.3 is 11.1 Å². The molecule has 1 rings (SSSR count). The first-order valence-corrected chi connectivity index (χ1v) is 5.42. The lowest BCUT2D eigenvalue weighted by molar-refractivity contribution is 1.04. The van der Waals surface area contributed by atoms with Gasteiger partial charge in [0, 0.05) is 12.6 Å². The van der Waals surface area contributed by atoms with Crippen molar-refractivity contribution in [1.29, 1.82) is 0 Å². The molecule has 0 bridgehead atoms. The highest BCUT2D eigenvalue weighted by molar-refractivity contribution is 5.49. The first-order chi connectivity index (χ1) is 8.11. The van der Waals surface area contributed by atoms with Gasteiger partial charge in [-0.1, -0.05) is 30.4 Å². The molecule has 0 fully saturated rings. The Kier molecular flexibility index (Phi) is 4.94. The molecule has 4 nitrogen and oxygen atoms in total. The molecule has 0 spiro atoms. The average Bonchev–Trinajstić information content (AvgIpc) is 2.29. The zero-order valence-corrected chi connectivity index (χ0v) is 10.3. The Morgan fingerprint density at radius 2 is 2.29 bits per heavy atom. The van der Waals surface area contributed by atoms with Crippen molar-refractivity contribution in [3.8, 4) is 0 Å². The van der Waals surface area contributed by atoms with Crippen molar-refractivity contribution in [3.63, 3.8) is 0 Å². The first kappa shape index (κ1) is 13.0. The van der Waals surface area contributed by atoms with E-state index in [1.807, 2.05) is 32.1 Å². The molecular formula is C13H18N4. The Bertz CT molecular complexity index is 446. The van der Waals surface area contributed by atoms with Crippen molar-refractivity contribution in [2.75, 3.05) is 17.6 Å². The monoisotopic (exact) mass is 230 g/mol. The third-order valence-electron chi connectivity index (χ3n) is 2.12. The van der Waals surface area contributed by atoms with Gasteiger partial charge in [-0.3, -0.25) is 0 Å². The van der Waals surface area contributed by atoms with Gasteiger partial charge in [0.05, 0.1) is 11.9 Å². The molecule has 0 aromatic carbocycles. The van der Waals surface area contributed by atoms with E-state index in [1.165, 1.54) is 5.57 Å². The minimum atomic E-state index is 0.412. The van der Waals surface area contributed by atoms with Crippen LogP contribution in [0.5, 0.6) is 0 Å². The quantitative estimate of drug-likeness (QED) is 0.763. The molecule has 0 unspecified atom stereocenters. The molecule has 17 heavy (non-hydrogen) atoms. The molecule has 0 amide bonds. The number of nitrogens with zero attached hydrogens (tertiary/aromatic N) is 2. The Hall–Kier alpha value is -2.10. The molecular weight excluding hydrogens is 212 g/mol. The normalized spacial score (nSPS) is 11.8. The molecule has 90 valence electrons. The molecule has 0 aliphatic carbocycles. The average molecular weight is 230 g/mol. The van der Waals surface area contributed by atoms with Gasteiger partial charge in [0.25, 0.3) is 0 Å². The van der Waals surface area contributed by atoms with E-state index in [9.17, 15) is 0 Å². The van der Waals surface area contributed by atoms with Crippen LogP contribution in [0.1, 0.15) is 13.8 Å². The fraction of sp³-hybridized carbons (Fsp3) is 0.231. The molecule has 0 atom stereocenters. The highest BCUT2D eigenvalue weighted by atomic mass is 15.1. The summed E-state index contributed by atoms with van der Waals surface area (Å²) in [5, 5.41) is 10.7. The zero-order chi connectivity index (χ0) is 12.7. The van der Waals surface area contributed by atoms with Gasteiger partial charge in [-0.2, -0.15) is 5.10 Å². The lowest BCUT2D eigenvalue weighted by Gasteiger charge is -2.06. The fourth-order valence-electron chi connectivity index (χ4n) is 1.19. The third kappa shape index (κ3) is 4.97. The standard InChI is InChI=1S/C13H18N4/c1-4-11(6-5-10(2)3)8-15-12-7-13(14)17-16-9-12/h4-7,9H,2,8H2,1,3H3,(H3,14,15,17)/b6-5-,11-4+. The number of nitrogens with one attached hydrogen (secondary N) is 1. The predicted octanol–water partition coefficient (Wildman–Crippen LogP) is 2.55. The maximum Gasteiger partial charge on any atom is 0.148 e. The Morgan fingerprint density at radius 1 is 1.53 bits per heavy atom. The van der Waals surface area contributed by atoms with Gasteiger partial charge in [-0.25, -0.2) is 0 Å². The third-order valence-corrected chi connectivity index (χ3v) is 2.12. The number of rotatable bonds is 5. The van der Waals surface area contributed by atoms with Crippen molar-refractivity contribution >= 4 is 11.5 Å². The maximum absolute atomic E-state index is 5.54. The van der Waals surface area contributed by atoms with E-state index >= 15 is 0 Å². The minimum Gasteiger partial charge on any atom is -0.382 e. The van der Waals surface area contributed by atoms with Crippen LogP contribution >= 0.6 is 0 Å². The predicted molar refractivity (Wildman–Crippen MR) is 72.6 cm³/mol. The lowest BCUT2D eigenvalue weighted by atomic mass is 10.2. The summed E-state index contributed by atoms with van der Waals surface area (Å²) in [4.78, 5) is 0. The molecule has 0 radical (unpaired) electrons. The van der Waals surface area contributed by atoms with E-state index < -0.39 is 0 Å². The maximum atomic E-state index is 5.54. The van der Waals surface area contributed by atoms with Crippen LogP contribution in [0, 0.1) is 0 Å². The van der Waals surface area contributed by atoms with Gasteiger partial charge in [0.2, 0.25) is 0 Å². The summed E-state index contributed by atoms with van der Waals surface area (Å²) in [6.45, 7) is 8.50. The highest BCUT2D eigenvalue weighted by Crippen LogP contribution is 2.08. The van der Waals surface area contributed by atoms with Crippen molar-refractivity contribution in [1.82, 2.24) is 10.2 Å². The van der Waals surface area contributed by atoms with Gasteiger partial charge in [-0.15, -0.1) is 5.10 Å². The summed E-state index contributed by atoms with van der Waals surface area (Å²) in [6.07, 6.45) is 7.71. The van der Waals surface area contributed by atoms with Gasteiger partial charge >= 0.3 is 0 Å². The fourth-order valence-corrected chi connectivity index (χ4v) is 1.19. The second kappa shape index (κ2) is 6.48. The molecule has 0 saturated heterocycles. The van der Waals surface area contributed by atoms with Gasteiger partial charge in [0.1, 0.15) is 5.82 Å². The number of aromatic nitrogens is 2. The smallest absolute Gasteiger partial charge is 0.148 e. The van der Waals surface area contributed by atoms with Crippen LogP contribution in [0.15, 0.2) is 48.2 Å². The summed E-state index contributed by atoms with van der Waals surface area (Å²) >= 11 is 0. The highest BCUT2D eigenvalue weighted by Gasteiger charge is 1.95. The molecule has 0 saturated carbocycles. The topological polar surface area (TPSA) is 63.8 Å². The Balaban J connectivity index is 2.57. The largest absolute Gasteiger partial charge is 0.382 e. The van der Waals surface area contributed by atoms with E-state index in [4.69, 9.17) is 5.73 Å². The van der Waals surface area contributed by atoms with E-state index in [2.05, 4.69) is 22.1 Å². The van der Waals surface area contributed by atoms with Crippen molar-refractivity contribution in [2.45, 2.75) is 13.8 Å². The number of anilines is 2. The van der Waals surface area contributed by atoms with Gasteiger partial charge in [-0.05, 0) is 19.4 Å². The Morgan fingerprint density at radius 3 is 2.88 bits per heavy atom. The van der Waals surface area contributed by atoms with Crippen LogP contribution in [0.2, 0.25) is 0 Å². The molecule has 0 aliphatic heterocycles. The molecule has 1 aromatic heterocycles. The lowest BCUT2D eigenvalue weighted by Crippen LogP contribution is -2.05. The van der Waals surface area contributed by atoms with Crippen molar-refractivity contribution < 1.29 is 0 Å². The molecule has 4 heteroatoms. The molecule has 1 heterocycles. The van der Waals surface area contributed by atoms with Crippen LogP contribution in [-0.4, -0.2) is 16.7 Å². The van der Waals surface area contributed by atoms with Crippen LogP contribution < -0.4 is 11.1 Å². The number of hydrogen-bond acceptors (Lipinski definition) is 4. The number of nitrogens with two attached hydrogens (primary N) is 1. The molecule has 0 aliphatic rings. The van der Waals surface area contributed by atoms with E-state index in [1.54, 1.807) is 12.3 Å². The summed E-state index contributed by atoms with van der Waals surface area (Å²) in [6, 6.07) is 1.75. The molecule has 3 N–H and O–H groups in total. The number of hydrogen-bond donors (Lipinski definition) is 2. The van der Waals surface area contributed by atoms with Crippen molar-refractivity contribution in [3.05, 3.63) is 48.2 Å². The second-order valence-electron chi connectivity index (χ2n) is 3.77. The first-order valence-electron chi connectivity index (χ1n) is 5.42. The van der Waals surface area contributed by atoms with Crippen LogP contribution in [0.25, 0.3) is 0 Å². The van der Waals surface area contributed by atoms with Crippen LogP contribution in [-0.2, 0) is 0 Å². The zero-order valence-electron chi connectivity index (χ0n) is 10.3. The SMILES string of the molecule is C=C(C)/C=C\C(=C/C)CNc1cnnc(N)c1. The second-order valence-corrected chi connectivity index (χ2v) is 3.77. The van der Waals surface area contributed by atoms with Crippen LogP contribution in [0.4, 0.5) is 11.5 Å². The summed E-state index contributed by atoms with van der Waals surface area (Å²) < 4.78 is 0. The minimum absolute atomic E-state index is 0.412.